The number of amides is 2. The van der Waals surface area contributed by atoms with Gasteiger partial charge < -0.3 is 15.0 Å². The van der Waals surface area contributed by atoms with Crippen molar-refractivity contribution in [3.63, 3.8) is 0 Å². The second-order valence-electron chi connectivity index (χ2n) is 4.16. The van der Waals surface area contributed by atoms with Gasteiger partial charge in [0.15, 0.2) is 0 Å². The third kappa shape index (κ3) is 1.91. The number of hydrogen-bond acceptors (Lipinski definition) is 3. The van der Waals surface area contributed by atoms with Gasteiger partial charge in [0.2, 0.25) is 5.91 Å². The van der Waals surface area contributed by atoms with Crippen LogP contribution in [0.15, 0.2) is 0 Å². The summed E-state index contributed by atoms with van der Waals surface area (Å²) < 4.78 is 5.26. The third-order valence-corrected chi connectivity index (χ3v) is 3.19. The van der Waals surface area contributed by atoms with Crippen LogP contribution < -0.4 is 5.32 Å². The van der Waals surface area contributed by atoms with E-state index in [9.17, 15) is 9.59 Å². The molecule has 5 heteroatoms. The van der Waals surface area contributed by atoms with Crippen molar-refractivity contribution in [2.24, 2.45) is 0 Å². The number of likely N-dealkylation sites (tertiary alicyclic amines) is 1. The quantitative estimate of drug-likeness (QED) is 0.688. The van der Waals surface area contributed by atoms with E-state index < -0.39 is 0 Å². The Labute approximate surface area is 88.8 Å². The Morgan fingerprint density at radius 3 is 2.67 bits per heavy atom. The maximum absolute atomic E-state index is 11.4. The number of alkyl carbamates (subject to hydrolysis) is 1. The molecule has 2 heterocycles. The van der Waals surface area contributed by atoms with E-state index in [2.05, 4.69) is 5.32 Å². The minimum atomic E-state index is -0.346. The van der Waals surface area contributed by atoms with Gasteiger partial charge >= 0.3 is 6.09 Å². The highest BCUT2D eigenvalue weighted by atomic mass is 16.6. The van der Waals surface area contributed by atoms with E-state index in [-0.39, 0.29) is 17.6 Å². The van der Waals surface area contributed by atoms with E-state index >= 15 is 0 Å². The highest BCUT2D eigenvalue weighted by Crippen LogP contribution is 2.29. The molecule has 84 valence electrons. The summed E-state index contributed by atoms with van der Waals surface area (Å²) in [7, 11) is 0. The van der Waals surface area contributed by atoms with Gasteiger partial charge in [0.25, 0.3) is 0 Å². The fourth-order valence-electron chi connectivity index (χ4n) is 2.17. The van der Waals surface area contributed by atoms with E-state index in [0.717, 1.165) is 12.8 Å². The predicted octanol–water partition coefficient (Wildman–Crippen LogP) is 0.497. The molecular formula is C10H16N2O3. The van der Waals surface area contributed by atoms with Crippen molar-refractivity contribution in [2.45, 2.75) is 31.8 Å². The number of nitrogens with zero attached hydrogens (tertiary/aromatic N) is 1. The molecule has 2 amide bonds. The molecule has 0 unspecified atom stereocenters. The number of rotatable bonds is 1. The lowest BCUT2D eigenvalue weighted by molar-refractivity contribution is -0.134. The summed E-state index contributed by atoms with van der Waals surface area (Å²) in [6.45, 7) is 3.84. The summed E-state index contributed by atoms with van der Waals surface area (Å²) in [6, 6.07) is 0. The topological polar surface area (TPSA) is 58.6 Å². The second-order valence-corrected chi connectivity index (χ2v) is 4.16. The van der Waals surface area contributed by atoms with Gasteiger partial charge in [-0.2, -0.15) is 0 Å². The fourth-order valence-corrected chi connectivity index (χ4v) is 2.17. The number of nitrogens with one attached hydrogen (secondary N) is 1. The van der Waals surface area contributed by atoms with E-state index in [0.29, 0.717) is 26.1 Å². The lowest BCUT2D eigenvalue weighted by Gasteiger charge is -2.37. The number of piperidine rings is 1. The molecule has 2 fully saturated rings. The van der Waals surface area contributed by atoms with Crippen LogP contribution in [0.2, 0.25) is 0 Å². The smallest absolute Gasteiger partial charge is 0.407 e. The number of ether oxygens (including phenoxy) is 1. The molecule has 2 aliphatic rings. The van der Waals surface area contributed by atoms with Crippen molar-refractivity contribution in [1.29, 1.82) is 0 Å². The maximum Gasteiger partial charge on any atom is 0.407 e. The monoisotopic (exact) mass is 212 g/mol. The molecule has 0 aromatic heterocycles. The van der Waals surface area contributed by atoms with Crippen molar-refractivity contribution in [2.75, 3.05) is 19.6 Å². The van der Waals surface area contributed by atoms with Gasteiger partial charge in [-0.25, -0.2) is 4.79 Å². The van der Waals surface area contributed by atoms with Crippen molar-refractivity contribution in [3.05, 3.63) is 0 Å². The minimum absolute atomic E-state index is 0.183. The SMILES string of the molecule is CCC(=O)N1CCC2(CC1)CNC(=O)O2. The molecule has 0 aliphatic carbocycles. The molecule has 0 bridgehead atoms. The van der Waals surface area contributed by atoms with Crippen molar-refractivity contribution < 1.29 is 14.3 Å². The summed E-state index contributed by atoms with van der Waals surface area (Å²) in [6.07, 6.45) is 1.71. The summed E-state index contributed by atoms with van der Waals surface area (Å²) in [4.78, 5) is 24.3. The molecule has 15 heavy (non-hydrogen) atoms. The summed E-state index contributed by atoms with van der Waals surface area (Å²) in [5, 5.41) is 2.67. The molecule has 2 saturated heterocycles. The van der Waals surface area contributed by atoms with E-state index in [1.54, 1.807) is 0 Å². The minimum Gasteiger partial charge on any atom is -0.441 e. The Morgan fingerprint density at radius 1 is 1.53 bits per heavy atom. The van der Waals surface area contributed by atoms with Crippen LogP contribution in [-0.2, 0) is 9.53 Å². The van der Waals surface area contributed by atoms with Crippen LogP contribution in [0.25, 0.3) is 0 Å². The summed E-state index contributed by atoms with van der Waals surface area (Å²) >= 11 is 0. The first-order valence-electron chi connectivity index (χ1n) is 5.40. The van der Waals surface area contributed by atoms with Crippen LogP contribution in [0.3, 0.4) is 0 Å². The van der Waals surface area contributed by atoms with Crippen LogP contribution in [0, 0.1) is 0 Å². The first-order valence-corrected chi connectivity index (χ1v) is 5.40. The van der Waals surface area contributed by atoms with Gasteiger partial charge in [0, 0.05) is 32.4 Å². The van der Waals surface area contributed by atoms with Crippen molar-refractivity contribution in [1.82, 2.24) is 10.2 Å². The van der Waals surface area contributed by atoms with Crippen molar-refractivity contribution >= 4 is 12.0 Å². The predicted molar refractivity (Wildman–Crippen MR) is 53.3 cm³/mol. The zero-order chi connectivity index (χ0) is 10.9. The number of hydrogen-bond donors (Lipinski definition) is 1. The fraction of sp³-hybridized carbons (Fsp3) is 0.800. The molecule has 5 nitrogen and oxygen atoms in total. The molecule has 1 spiro atoms. The average Bonchev–Trinajstić information content (AvgIpc) is 2.60. The van der Waals surface area contributed by atoms with Crippen LogP contribution in [0.4, 0.5) is 4.79 Å². The number of carbonyl (C=O) groups excluding carboxylic acids is 2. The maximum atomic E-state index is 11.4. The molecule has 0 saturated carbocycles. The largest absolute Gasteiger partial charge is 0.441 e. The molecule has 0 radical (unpaired) electrons. The molecule has 2 rings (SSSR count). The van der Waals surface area contributed by atoms with Gasteiger partial charge in [-0.1, -0.05) is 6.92 Å². The molecule has 0 aromatic rings. The van der Waals surface area contributed by atoms with Crippen LogP contribution in [0.5, 0.6) is 0 Å². The van der Waals surface area contributed by atoms with Gasteiger partial charge in [-0.05, 0) is 0 Å². The highest BCUT2D eigenvalue weighted by Gasteiger charge is 2.43. The summed E-state index contributed by atoms with van der Waals surface area (Å²) in [5.41, 5.74) is -0.346. The Bertz CT molecular complexity index is 282. The Morgan fingerprint density at radius 2 is 2.20 bits per heavy atom. The van der Waals surface area contributed by atoms with E-state index in [1.165, 1.54) is 0 Å². The standard InChI is InChI=1S/C10H16N2O3/c1-2-8(13)12-5-3-10(4-6-12)7-11-9(14)15-10/h2-7H2,1H3,(H,11,14). The van der Waals surface area contributed by atoms with Crippen LogP contribution >= 0.6 is 0 Å². The first kappa shape index (κ1) is 10.3. The van der Waals surface area contributed by atoms with E-state index in [4.69, 9.17) is 4.74 Å². The zero-order valence-electron chi connectivity index (χ0n) is 8.91. The Hall–Kier alpha value is -1.26. The normalized spacial score (nSPS) is 23.8. The highest BCUT2D eigenvalue weighted by molar-refractivity contribution is 5.76. The molecular weight excluding hydrogens is 196 g/mol. The van der Waals surface area contributed by atoms with Crippen molar-refractivity contribution in [3.8, 4) is 0 Å². The average molecular weight is 212 g/mol. The van der Waals surface area contributed by atoms with Gasteiger partial charge in [-0.3, -0.25) is 4.79 Å². The Kier molecular flexibility index (Phi) is 2.54. The third-order valence-electron chi connectivity index (χ3n) is 3.19. The zero-order valence-corrected chi connectivity index (χ0v) is 8.91. The molecule has 0 aromatic carbocycles. The lowest BCUT2D eigenvalue weighted by Crippen LogP contribution is -2.48. The number of carbonyl (C=O) groups is 2. The first-order chi connectivity index (χ1) is 7.15. The van der Waals surface area contributed by atoms with Gasteiger partial charge in [-0.15, -0.1) is 0 Å². The van der Waals surface area contributed by atoms with Gasteiger partial charge in [0.05, 0.1) is 6.54 Å². The molecule has 1 N–H and O–H groups in total. The van der Waals surface area contributed by atoms with Crippen LogP contribution in [0.1, 0.15) is 26.2 Å². The van der Waals surface area contributed by atoms with Crippen LogP contribution in [-0.4, -0.2) is 42.1 Å². The molecule has 0 atom stereocenters. The summed E-state index contributed by atoms with van der Waals surface area (Å²) in [5.74, 6) is 0.183. The van der Waals surface area contributed by atoms with Gasteiger partial charge in [0.1, 0.15) is 5.60 Å². The Balaban J connectivity index is 1.92. The second kappa shape index (κ2) is 3.72. The lowest BCUT2D eigenvalue weighted by atomic mass is 9.91. The molecule has 2 aliphatic heterocycles. The van der Waals surface area contributed by atoms with E-state index in [1.807, 2.05) is 11.8 Å².